The maximum Gasteiger partial charge on any atom is 0.236 e. The minimum Gasteiger partial charge on any atom is -0.469 e. The number of para-hydroxylation sites is 2. The smallest absolute Gasteiger partial charge is 0.236 e. The number of rotatable bonds is 4. The number of likely N-dealkylation sites (tertiary alicyclic amines) is 1. The number of aromatic nitrogens is 4. The van der Waals surface area contributed by atoms with Gasteiger partial charge in [-0.15, -0.1) is 0 Å². The van der Waals surface area contributed by atoms with Gasteiger partial charge in [-0.1, -0.05) is 12.1 Å². The fraction of sp³-hybridized carbons (Fsp3) is 0.429. The fourth-order valence-corrected chi connectivity index (χ4v) is 4.11. The van der Waals surface area contributed by atoms with Gasteiger partial charge in [0.1, 0.15) is 11.8 Å². The summed E-state index contributed by atoms with van der Waals surface area (Å²) in [6.45, 7) is 4.68. The van der Waals surface area contributed by atoms with Gasteiger partial charge in [0.25, 0.3) is 0 Å². The number of imidazole rings is 1. The number of fused-ring (bicyclic) bond motifs is 1. The lowest BCUT2D eigenvalue weighted by Crippen LogP contribution is -2.54. The second kappa shape index (κ2) is 7.35. The number of carbonyl (C=O) groups excluding carboxylic acids is 1. The van der Waals surface area contributed by atoms with Gasteiger partial charge in [0.05, 0.1) is 24.1 Å². The molecule has 0 saturated carbocycles. The molecular formula is C21H24N6O2. The van der Waals surface area contributed by atoms with E-state index in [2.05, 4.69) is 24.8 Å². The van der Waals surface area contributed by atoms with Crippen LogP contribution < -0.4 is 9.64 Å². The molecule has 0 radical (unpaired) electrons. The van der Waals surface area contributed by atoms with E-state index in [0.29, 0.717) is 5.88 Å². The second-order valence-electron chi connectivity index (χ2n) is 7.75. The summed E-state index contributed by atoms with van der Waals surface area (Å²) in [6.07, 6.45) is 5.26. The van der Waals surface area contributed by atoms with Crippen LogP contribution in [0.1, 0.15) is 31.4 Å². The van der Waals surface area contributed by atoms with Crippen LogP contribution in [0.2, 0.25) is 0 Å². The number of carbonyl (C=O) groups is 1. The van der Waals surface area contributed by atoms with Crippen LogP contribution in [-0.4, -0.2) is 63.0 Å². The summed E-state index contributed by atoms with van der Waals surface area (Å²) in [5.74, 6) is 1.92. The summed E-state index contributed by atoms with van der Waals surface area (Å²) < 4.78 is 6.20. The zero-order chi connectivity index (χ0) is 19.8. The van der Waals surface area contributed by atoms with Gasteiger partial charge in [-0.25, -0.2) is 9.97 Å². The van der Waals surface area contributed by atoms with Crippen LogP contribution in [0.25, 0.3) is 11.0 Å². The van der Waals surface area contributed by atoms with E-state index < -0.39 is 0 Å². The third-order valence-electron chi connectivity index (χ3n) is 5.82. The van der Waals surface area contributed by atoms with Gasteiger partial charge in [0.15, 0.2) is 0 Å². The first-order chi connectivity index (χ1) is 14.2. The zero-order valence-corrected chi connectivity index (χ0v) is 16.4. The molecule has 0 atom stereocenters. The topological polar surface area (TPSA) is 87.2 Å². The number of anilines is 1. The van der Waals surface area contributed by atoms with Crippen LogP contribution in [0.15, 0.2) is 36.7 Å². The largest absolute Gasteiger partial charge is 0.469 e. The first-order valence-electron chi connectivity index (χ1n) is 10.1. The second-order valence-corrected chi connectivity index (χ2v) is 7.75. The number of amides is 1. The third-order valence-corrected chi connectivity index (χ3v) is 5.82. The summed E-state index contributed by atoms with van der Waals surface area (Å²) in [7, 11) is 0. The minimum atomic E-state index is 0.0657. The molecule has 3 aromatic rings. The Balaban J connectivity index is 1.23. The highest BCUT2D eigenvalue weighted by Gasteiger charge is 2.33. The molecule has 0 unspecified atom stereocenters. The molecule has 29 heavy (non-hydrogen) atoms. The number of ether oxygens (including phenoxy) is 1. The van der Waals surface area contributed by atoms with Crippen LogP contribution in [-0.2, 0) is 4.79 Å². The van der Waals surface area contributed by atoms with Crippen LogP contribution in [0, 0.1) is 0 Å². The van der Waals surface area contributed by atoms with E-state index in [1.807, 2.05) is 29.2 Å². The molecule has 150 valence electrons. The van der Waals surface area contributed by atoms with E-state index in [4.69, 9.17) is 4.74 Å². The van der Waals surface area contributed by atoms with E-state index >= 15 is 0 Å². The van der Waals surface area contributed by atoms with Crippen molar-refractivity contribution in [1.82, 2.24) is 24.8 Å². The summed E-state index contributed by atoms with van der Waals surface area (Å²) in [6, 6.07) is 8.03. The van der Waals surface area contributed by atoms with Crippen molar-refractivity contribution in [2.45, 2.75) is 31.8 Å². The number of hydrogen-bond donors (Lipinski definition) is 1. The first kappa shape index (κ1) is 17.9. The average molecular weight is 392 g/mol. The van der Waals surface area contributed by atoms with Gasteiger partial charge in [-0.05, 0) is 25.0 Å². The van der Waals surface area contributed by atoms with E-state index in [1.165, 1.54) is 0 Å². The highest BCUT2D eigenvalue weighted by molar-refractivity contribution is 5.77. The van der Waals surface area contributed by atoms with E-state index in [9.17, 15) is 4.79 Å². The monoisotopic (exact) mass is 392 g/mol. The highest BCUT2D eigenvalue weighted by Crippen LogP contribution is 2.33. The van der Waals surface area contributed by atoms with Crippen LogP contribution in [0.4, 0.5) is 5.95 Å². The lowest BCUT2D eigenvalue weighted by Gasteiger charge is -2.39. The number of benzene rings is 1. The molecule has 1 N–H and O–H groups in total. The third kappa shape index (κ3) is 3.50. The highest BCUT2D eigenvalue weighted by atomic mass is 16.5. The zero-order valence-electron chi connectivity index (χ0n) is 16.4. The van der Waals surface area contributed by atoms with Crippen molar-refractivity contribution < 1.29 is 9.53 Å². The molecule has 8 heteroatoms. The Labute approximate surface area is 168 Å². The molecule has 2 aliphatic heterocycles. The Kier molecular flexibility index (Phi) is 4.54. The average Bonchev–Trinajstić information content (AvgIpc) is 3.14. The standard InChI is InChI=1S/C21H24N6O2/c1-14(28)26-10-6-15(7-11-26)19-20(23-9-8-22-19)29-16-12-27(13-16)21-24-17-4-2-3-5-18(17)25-21/h2-5,8-9,15-16H,6-7,10-13H2,1H3,(H,24,25). The molecule has 2 saturated heterocycles. The molecule has 4 heterocycles. The van der Waals surface area contributed by atoms with Crippen molar-refractivity contribution in [2.75, 3.05) is 31.1 Å². The van der Waals surface area contributed by atoms with Crippen LogP contribution in [0.5, 0.6) is 5.88 Å². The van der Waals surface area contributed by atoms with Crippen molar-refractivity contribution >= 4 is 22.9 Å². The summed E-state index contributed by atoms with van der Waals surface area (Å²) in [5, 5.41) is 0. The van der Waals surface area contributed by atoms with Gasteiger partial charge < -0.3 is 19.5 Å². The number of piperidine rings is 1. The molecular weight excluding hydrogens is 368 g/mol. The van der Waals surface area contributed by atoms with Crippen molar-refractivity contribution in [1.29, 1.82) is 0 Å². The maximum absolute atomic E-state index is 11.6. The minimum absolute atomic E-state index is 0.0657. The lowest BCUT2D eigenvalue weighted by molar-refractivity contribution is -0.129. The molecule has 2 aromatic heterocycles. The van der Waals surface area contributed by atoms with Gasteiger partial charge in [0, 0.05) is 38.3 Å². The summed E-state index contributed by atoms with van der Waals surface area (Å²) in [4.78, 5) is 32.7. The number of nitrogens with zero attached hydrogens (tertiary/aromatic N) is 5. The van der Waals surface area contributed by atoms with Crippen molar-refractivity contribution in [3.8, 4) is 5.88 Å². The van der Waals surface area contributed by atoms with Crippen LogP contribution >= 0.6 is 0 Å². The van der Waals surface area contributed by atoms with Gasteiger partial charge in [0.2, 0.25) is 17.7 Å². The Morgan fingerprint density at radius 1 is 1.14 bits per heavy atom. The Morgan fingerprint density at radius 2 is 1.90 bits per heavy atom. The number of hydrogen-bond acceptors (Lipinski definition) is 6. The van der Waals surface area contributed by atoms with E-state index in [0.717, 1.165) is 61.7 Å². The van der Waals surface area contributed by atoms with Gasteiger partial charge >= 0.3 is 0 Å². The van der Waals surface area contributed by atoms with E-state index in [-0.39, 0.29) is 17.9 Å². The normalized spacial score (nSPS) is 18.1. The van der Waals surface area contributed by atoms with Crippen LogP contribution in [0.3, 0.4) is 0 Å². The lowest BCUT2D eigenvalue weighted by atomic mass is 9.93. The molecule has 1 aromatic carbocycles. The van der Waals surface area contributed by atoms with Gasteiger partial charge in [-0.3, -0.25) is 9.78 Å². The van der Waals surface area contributed by atoms with Crippen molar-refractivity contribution in [3.63, 3.8) is 0 Å². The summed E-state index contributed by atoms with van der Waals surface area (Å²) in [5.41, 5.74) is 2.93. The molecule has 8 nitrogen and oxygen atoms in total. The quantitative estimate of drug-likeness (QED) is 0.733. The molecule has 0 aliphatic carbocycles. The SMILES string of the molecule is CC(=O)N1CCC(c2nccnc2OC2CN(c3nc4ccccc4[nH]3)C2)CC1. The van der Waals surface area contributed by atoms with E-state index in [1.54, 1.807) is 19.3 Å². The Hall–Kier alpha value is -3.16. The fourth-order valence-electron chi connectivity index (χ4n) is 4.11. The Morgan fingerprint density at radius 3 is 2.66 bits per heavy atom. The number of aromatic amines is 1. The number of nitrogens with one attached hydrogen (secondary N) is 1. The Bertz CT molecular complexity index is 988. The predicted octanol–water partition coefficient (Wildman–Crippen LogP) is 2.35. The molecule has 0 bridgehead atoms. The molecule has 5 rings (SSSR count). The molecule has 1 amide bonds. The molecule has 2 fully saturated rings. The van der Waals surface area contributed by atoms with Crippen molar-refractivity contribution in [3.05, 3.63) is 42.4 Å². The maximum atomic E-state index is 11.6. The van der Waals surface area contributed by atoms with Crippen molar-refractivity contribution in [2.24, 2.45) is 0 Å². The first-order valence-corrected chi connectivity index (χ1v) is 10.1. The van der Waals surface area contributed by atoms with Gasteiger partial charge in [-0.2, -0.15) is 0 Å². The molecule has 0 spiro atoms. The molecule has 2 aliphatic rings. The predicted molar refractivity (Wildman–Crippen MR) is 109 cm³/mol. The summed E-state index contributed by atoms with van der Waals surface area (Å²) >= 11 is 0. The number of H-pyrrole nitrogens is 1.